The van der Waals surface area contributed by atoms with Gasteiger partial charge in [0.25, 0.3) is 0 Å². The first kappa shape index (κ1) is 17.8. The van der Waals surface area contributed by atoms with Crippen molar-refractivity contribution < 1.29 is 31.3 Å². The molecule has 0 N–H and O–H groups in total. The van der Waals surface area contributed by atoms with Gasteiger partial charge in [-0.15, -0.1) is 0 Å². The van der Waals surface area contributed by atoms with Gasteiger partial charge in [0.1, 0.15) is 0 Å². The molecule has 0 aliphatic carbocycles. The fourth-order valence-corrected chi connectivity index (χ4v) is 1.29. The van der Waals surface area contributed by atoms with Crippen LogP contribution in [-0.4, -0.2) is 48.1 Å². The van der Waals surface area contributed by atoms with Crippen molar-refractivity contribution in [2.45, 2.75) is 20.8 Å². The Bertz CT molecular complexity index is 276. The van der Waals surface area contributed by atoms with E-state index in [1.807, 2.05) is 20.8 Å². The second kappa shape index (κ2) is 10.7. The van der Waals surface area contributed by atoms with Crippen LogP contribution < -0.4 is 0 Å². The lowest BCUT2D eigenvalue weighted by Gasteiger charge is -2.07. The van der Waals surface area contributed by atoms with Gasteiger partial charge in [-0.2, -0.15) is 8.42 Å². The highest BCUT2D eigenvalue weighted by molar-refractivity contribution is 7.81. The van der Waals surface area contributed by atoms with Gasteiger partial charge in [0.05, 0.1) is 33.0 Å². The summed E-state index contributed by atoms with van der Waals surface area (Å²) in [4.78, 5) is 4.50. The molecule has 0 rings (SSSR count). The minimum Gasteiger partial charge on any atom is -0.379 e. The minimum absolute atomic E-state index is 0.125. The molecular formula is C10H22O7S. The molecule has 0 aliphatic heterocycles. The molecule has 0 atom stereocenters. The lowest BCUT2D eigenvalue weighted by atomic mass is 10.2. The van der Waals surface area contributed by atoms with E-state index in [4.69, 9.17) is 9.47 Å². The van der Waals surface area contributed by atoms with E-state index in [2.05, 4.69) is 13.4 Å². The Morgan fingerprint density at radius 3 is 2.22 bits per heavy atom. The van der Waals surface area contributed by atoms with Crippen LogP contribution in [0, 0.1) is 5.92 Å². The van der Waals surface area contributed by atoms with Gasteiger partial charge < -0.3 is 9.47 Å². The molecule has 0 heterocycles. The standard InChI is InChI=1S/C10H22O7S/c1-4-13-5-6-14-7-8-16-18(11,12)17-15-9-10(2)3/h10H,4-9H2,1-3H3. The van der Waals surface area contributed by atoms with E-state index in [-0.39, 0.29) is 25.7 Å². The molecule has 7 nitrogen and oxygen atoms in total. The second-order valence-corrected chi connectivity index (χ2v) is 4.97. The van der Waals surface area contributed by atoms with E-state index >= 15 is 0 Å². The van der Waals surface area contributed by atoms with E-state index in [0.717, 1.165) is 0 Å². The number of hydrogen-bond acceptors (Lipinski definition) is 7. The molecule has 8 heteroatoms. The van der Waals surface area contributed by atoms with Crippen LogP contribution in [0.2, 0.25) is 0 Å². The highest BCUT2D eigenvalue weighted by atomic mass is 32.3. The van der Waals surface area contributed by atoms with Gasteiger partial charge in [-0.3, -0.25) is 0 Å². The molecule has 0 amide bonds. The Balaban J connectivity index is 3.47. The van der Waals surface area contributed by atoms with Crippen LogP contribution >= 0.6 is 0 Å². The maximum Gasteiger partial charge on any atom is 0.426 e. The van der Waals surface area contributed by atoms with Crippen molar-refractivity contribution in [3.05, 3.63) is 0 Å². The molecule has 0 saturated carbocycles. The average Bonchev–Trinajstić information content (AvgIpc) is 2.27. The van der Waals surface area contributed by atoms with Gasteiger partial charge in [0, 0.05) is 6.61 Å². The number of hydrogen-bond donors (Lipinski definition) is 0. The first-order chi connectivity index (χ1) is 8.48. The van der Waals surface area contributed by atoms with Crippen molar-refractivity contribution in [2.75, 3.05) is 39.6 Å². The molecule has 0 unspecified atom stereocenters. The van der Waals surface area contributed by atoms with Crippen molar-refractivity contribution in [3.8, 4) is 0 Å². The van der Waals surface area contributed by atoms with Crippen molar-refractivity contribution in [3.63, 3.8) is 0 Å². The van der Waals surface area contributed by atoms with Crippen molar-refractivity contribution in [1.29, 1.82) is 0 Å². The molecule has 0 aliphatic rings. The molecule has 0 aromatic carbocycles. The molecular weight excluding hydrogens is 264 g/mol. The minimum atomic E-state index is -4.11. The van der Waals surface area contributed by atoms with E-state index < -0.39 is 10.4 Å². The first-order valence-corrected chi connectivity index (χ1v) is 7.17. The summed E-state index contributed by atoms with van der Waals surface area (Å²) in [5.74, 6) is 0.169. The Morgan fingerprint density at radius 2 is 1.61 bits per heavy atom. The Hall–Kier alpha value is -0.250. The van der Waals surface area contributed by atoms with Crippen LogP contribution in [0.5, 0.6) is 0 Å². The predicted molar refractivity (Wildman–Crippen MR) is 64.1 cm³/mol. The predicted octanol–water partition coefficient (Wildman–Crippen LogP) is 0.905. The molecule has 0 spiro atoms. The molecule has 18 heavy (non-hydrogen) atoms. The number of ether oxygens (including phenoxy) is 2. The highest BCUT2D eigenvalue weighted by Crippen LogP contribution is 2.00. The SMILES string of the molecule is CCOCCOCCOS(=O)(=O)OOCC(C)C. The fraction of sp³-hybridized carbons (Fsp3) is 1.00. The second-order valence-electron chi connectivity index (χ2n) is 3.79. The normalized spacial score (nSPS) is 12.2. The summed E-state index contributed by atoms with van der Waals surface area (Å²) in [6, 6.07) is 0. The van der Waals surface area contributed by atoms with Crippen molar-refractivity contribution in [1.82, 2.24) is 0 Å². The Kier molecular flexibility index (Phi) is 10.5. The van der Waals surface area contributed by atoms with Crippen LogP contribution in [0.3, 0.4) is 0 Å². The summed E-state index contributed by atoms with van der Waals surface area (Å²) < 4.78 is 40.9. The summed E-state index contributed by atoms with van der Waals surface area (Å²) in [7, 11) is -4.11. The van der Waals surface area contributed by atoms with Crippen molar-refractivity contribution in [2.24, 2.45) is 5.92 Å². The van der Waals surface area contributed by atoms with E-state index in [1.54, 1.807) is 0 Å². The first-order valence-electron chi connectivity index (χ1n) is 5.84. The van der Waals surface area contributed by atoms with Gasteiger partial charge in [-0.25, -0.2) is 9.07 Å². The lowest BCUT2D eigenvalue weighted by Crippen LogP contribution is -2.16. The molecule has 0 bridgehead atoms. The van der Waals surface area contributed by atoms with Crippen molar-refractivity contribution >= 4 is 10.4 Å². The smallest absolute Gasteiger partial charge is 0.379 e. The molecule has 0 aromatic heterocycles. The monoisotopic (exact) mass is 286 g/mol. The van der Waals surface area contributed by atoms with E-state index in [1.165, 1.54) is 0 Å². The van der Waals surface area contributed by atoms with Crippen LogP contribution in [0.4, 0.5) is 0 Å². The summed E-state index contributed by atoms with van der Waals surface area (Å²) in [6.07, 6.45) is 0. The van der Waals surface area contributed by atoms with E-state index in [9.17, 15) is 8.42 Å². The summed E-state index contributed by atoms with van der Waals surface area (Å²) in [6.45, 7) is 7.28. The van der Waals surface area contributed by atoms with Gasteiger partial charge in [0.2, 0.25) is 0 Å². The molecule has 0 aromatic rings. The third kappa shape index (κ3) is 12.2. The fourth-order valence-electron chi connectivity index (χ4n) is 0.802. The third-order valence-corrected chi connectivity index (χ3v) is 2.28. The Labute approximate surface area is 109 Å². The van der Waals surface area contributed by atoms with Gasteiger partial charge >= 0.3 is 10.4 Å². The van der Waals surface area contributed by atoms with Gasteiger partial charge in [0.15, 0.2) is 0 Å². The molecule has 0 fully saturated rings. The zero-order valence-electron chi connectivity index (χ0n) is 11.1. The molecule has 0 saturated heterocycles. The third-order valence-electron chi connectivity index (χ3n) is 1.56. The Morgan fingerprint density at radius 1 is 1.00 bits per heavy atom. The quantitative estimate of drug-likeness (QED) is 0.299. The molecule has 0 radical (unpaired) electrons. The summed E-state index contributed by atoms with van der Waals surface area (Å²) in [5.41, 5.74) is 0. The topological polar surface area (TPSA) is 80.3 Å². The lowest BCUT2D eigenvalue weighted by molar-refractivity contribution is -0.217. The maximum absolute atomic E-state index is 11.1. The summed E-state index contributed by atoms with van der Waals surface area (Å²) >= 11 is 0. The van der Waals surface area contributed by atoms with Crippen LogP contribution in [0.25, 0.3) is 0 Å². The van der Waals surface area contributed by atoms with Crippen LogP contribution in [-0.2, 0) is 33.3 Å². The largest absolute Gasteiger partial charge is 0.426 e. The maximum atomic E-state index is 11.1. The average molecular weight is 286 g/mol. The van der Waals surface area contributed by atoms with Gasteiger partial charge in [-0.05, 0) is 12.8 Å². The van der Waals surface area contributed by atoms with Crippen LogP contribution in [0.15, 0.2) is 0 Å². The zero-order chi connectivity index (χ0) is 13.9. The summed E-state index contributed by atoms with van der Waals surface area (Å²) in [5, 5.41) is 0. The zero-order valence-corrected chi connectivity index (χ0v) is 11.9. The highest BCUT2D eigenvalue weighted by Gasteiger charge is 2.13. The molecule has 110 valence electrons. The van der Waals surface area contributed by atoms with Gasteiger partial charge in [-0.1, -0.05) is 18.2 Å². The van der Waals surface area contributed by atoms with E-state index in [0.29, 0.717) is 19.8 Å². The number of rotatable bonds is 12. The van der Waals surface area contributed by atoms with Crippen LogP contribution in [0.1, 0.15) is 20.8 Å².